The SMILES string of the molecule is CCN(CCCO)c1ccc2cc(N)ccc2n1. The first-order valence-electron chi connectivity index (χ1n) is 6.26. The Balaban J connectivity index is 2.30. The molecule has 0 aliphatic rings. The van der Waals surface area contributed by atoms with E-state index in [1.165, 1.54) is 0 Å². The van der Waals surface area contributed by atoms with Crippen LogP contribution in [0.5, 0.6) is 0 Å². The summed E-state index contributed by atoms with van der Waals surface area (Å²) in [4.78, 5) is 6.79. The van der Waals surface area contributed by atoms with Gasteiger partial charge in [-0.2, -0.15) is 0 Å². The van der Waals surface area contributed by atoms with E-state index in [-0.39, 0.29) is 6.61 Å². The number of hydrogen-bond acceptors (Lipinski definition) is 4. The lowest BCUT2D eigenvalue weighted by Gasteiger charge is -2.21. The Kier molecular flexibility index (Phi) is 3.99. The van der Waals surface area contributed by atoms with E-state index in [1.807, 2.05) is 30.3 Å². The van der Waals surface area contributed by atoms with Gasteiger partial charge < -0.3 is 15.7 Å². The van der Waals surface area contributed by atoms with Crippen molar-refractivity contribution in [1.82, 2.24) is 4.98 Å². The number of anilines is 2. The number of nitrogen functional groups attached to an aromatic ring is 1. The summed E-state index contributed by atoms with van der Waals surface area (Å²) in [5.74, 6) is 0.947. The van der Waals surface area contributed by atoms with Crippen molar-refractivity contribution in [2.45, 2.75) is 13.3 Å². The summed E-state index contributed by atoms with van der Waals surface area (Å²) in [6.45, 7) is 4.00. The number of nitrogens with two attached hydrogens (primary N) is 1. The fourth-order valence-corrected chi connectivity index (χ4v) is 2.01. The average Bonchev–Trinajstić information content (AvgIpc) is 2.39. The summed E-state index contributed by atoms with van der Waals surface area (Å²) < 4.78 is 0. The number of aliphatic hydroxyl groups excluding tert-OH is 1. The molecule has 0 saturated heterocycles. The van der Waals surface area contributed by atoms with E-state index < -0.39 is 0 Å². The van der Waals surface area contributed by atoms with Gasteiger partial charge in [0.1, 0.15) is 5.82 Å². The van der Waals surface area contributed by atoms with Crippen LogP contribution < -0.4 is 10.6 Å². The highest BCUT2D eigenvalue weighted by Gasteiger charge is 2.06. The zero-order valence-electron chi connectivity index (χ0n) is 10.6. The third kappa shape index (κ3) is 2.71. The predicted octanol–water partition coefficient (Wildman–Crippen LogP) is 2.03. The fourth-order valence-electron chi connectivity index (χ4n) is 2.01. The number of fused-ring (bicyclic) bond motifs is 1. The van der Waals surface area contributed by atoms with E-state index in [9.17, 15) is 0 Å². The second-order valence-corrected chi connectivity index (χ2v) is 4.28. The smallest absolute Gasteiger partial charge is 0.129 e. The monoisotopic (exact) mass is 245 g/mol. The molecule has 0 atom stereocenters. The van der Waals surface area contributed by atoms with Gasteiger partial charge >= 0.3 is 0 Å². The third-order valence-corrected chi connectivity index (χ3v) is 2.99. The molecule has 1 heterocycles. The maximum Gasteiger partial charge on any atom is 0.129 e. The molecule has 0 amide bonds. The molecule has 0 unspecified atom stereocenters. The van der Waals surface area contributed by atoms with Gasteiger partial charge in [0.15, 0.2) is 0 Å². The molecule has 0 aliphatic heterocycles. The Morgan fingerprint density at radius 3 is 2.83 bits per heavy atom. The second-order valence-electron chi connectivity index (χ2n) is 4.28. The molecule has 0 aliphatic carbocycles. The van der Waals surface area contributed by atoms with Gasteiger partial charge in [-0.3, -0.25) is 0 Å². The summed E-state index contributed by atoms with van der Waals surface area (Å²) in [7, 11) is 0. The first-order chi connectivity index (χ1) is 8.74. The standard InChI is InChI=1S/C14H19N3O/c1-2-17(8-3-9-18)14-7-4-11-10-12(15)5-6-13(11)16-14/h4-7,10,18H,2-3,8-9,15H2,1H3. The predicted molar refractivity (Wildman–Crippen MR) is 75.7 cm³/mol. The van der Waals surface area contributed by atoms with E-state index in [2.05, 4.69) is 16.8 Å². The molecule has 0 radical (unpaired) electrons. The summed E-state index contributed by atoms with van der Waals surface area (Å²) >= 11 is 0. The zero-order chi connectivity index (χ0) is 13.0. The van der Waals surface area contributed by atoms with Crippen molar-refractivity contribution in [2.75, 3.05) is 30.3 Å². The number of aliphatic hydroxyl groups is 1. The van der Waals surface area contributed by atoms with Gasteiger partial charge in [0.2, 0.25) is 0 Å². The quantitative estimate of drug-likeness (QED) is 0.791. The summed E-state index contributed by atoms with van der Waals surface area (Å²) in [6, 6.07) is 9.77. The minimum atomic E-state index is 0.209. The Bertz CT molecular complexity index is 527. The van der Waals surface area contributed by atoms with Crippen LogP contribution in [0.4, 0.5) is 11.5 Å². The van der Waals surface area contributed by atoms with Gasteiger partial charge in [0.05, 0.1) is 5.52 Å². The number of benzene rings is 1. The maximum atomic E-state index is 8.90. The first kappa shape index (κ1) is 12.6. The van der Waals surface area contributed by atoms with Crippen LogP contribution in [-0.4, -0.2) is 29.8 Å². The molecular weight excluding hydrogens is 226 g/mol. The minimum absolute atomic E-state index is 0.209. The molecule has 0 saturated carbocycles. The molecule has 2 rings (SSSR count). The van der Waals surface area contributed by atoms with E-state index >= 15 is 0 Å². The molecule has 96 valence electrons. The van der Waals surface area contributed by atoms with Crippen molar-refractivity contribution in [3.05, 3.63) is 30.3 Å². The average molecular weight is 245 g/mol. The summed E-state index contributed by atoms with van der Waals surface area (Å²) in [5, 5.41) is 9.95. The first-order valence-corrected chi connectivity index (χ1v) is 6.26. The van der Waals surface area contributed by atoms with Crippen LogP contribution in [0.3, 0.4) is 0 Å². The van der Waals surface area contributed by atoms with Crippen molar-refractivity contribution in [1.29, 1.82) is 0 Å². The van der Waals surface area contributed by atoms with Crippen LogP contribution in [0.25, 0.3) is 10.9 Å². The van der Waals surface area contributed by atoms with Gasteiger partial charge in [0, 0.05) is 30.8 Å². The van der Waals surface area contributed by atoms with Gasteiger partial charge in [-0.05, 0) is 43.7 Å². The molecule has 0 bridgehead atoms. The molecular formula is C14H19N3O. The van der Waals surface area contributed by atoms with Gasteiger partial charge in [-0.1, -0.05) is 0 Å². The lowest BCUT2D eigenvalue weighted by atomic mass is 10.2. The molecule has 1 aromatic carbocycles. The molecule has 4 nitrogen and oxygen atoms in total. The van der Waals surface area contributed by atoms with Crippen LogP contribution in [-0.2, 0) is 0 Å². The van der Waals surface area contributed by atoms with Crippen LogP contribution in [0, 0.1) is 0 Å². The van der Waals surface area contributed by atoms with Crippen molar-refractivity contribution >= 4 is 22.4 Å². The highest BCUT2D eigenvalue weighted by atomic mass is 16.3. The number of hydrogen-bond donors (Lipinski definition) is 2. The molecule has 0 spiro atoms. The molecule has 1 aromatic heterocycles. The maximum absolute atomic E-state index is 8.90. The van der Waals surface area contributed by atoms with Gasteiger partial charge in [0.25, 0.3) is 0 Å². The minimum Gasteiger partial charge on any atom is -0.399 e. The van der Waals surface area contributed by atoms with E-state index in [0.29, 0.717) is 0 Å². The van der Waals surface area contributed by atoms with Crippen LogP contribution in [0.1, 0.15) is 13.3 Å². The summed E-state index contributed by atoms with van der Waals surface area (Å²) in [5.41, 5.74) is 7.45. The van der Waals surface area contributed by atoms with Crippen molar-refractivity contribution in [2.24, 2.45) is 0 Å². The van der Waals surface area contributed by atoms with Gasteiger partial charge in [-0.15, -0.1) is 0 Å². The Morgan fingerprint density at radius 1 is 1.28 bits per heavy atom. The molecule has 18 heavy (non-hydrogen) atoms. The highest BCUT2D eigenvalue weighted by molar-refractivity contribution is 5.83. The largest absolute Gasteiger partial charge is 0.399 e. The van der Waals surface area contributed by atoms with E-state index in [1.54, 1.807) is 0 Å². The molecule has 3 N–H and O–H groups in total. The summed E-state index contributed by atoms with van der Waals surface area (Å²) in [6.07, 6.45) is 0.759. The van der Waals surface area contributed by atoms with Crippen molar-refractivity contribution in [3.63, 3.8) is 0 Å². The lowest BCUT2D eigenvalue weighted by Crippen LogP contribution is -2.25. The van der Waals surface area contributed by atoms with Crippen LogP contribution in [0.15, 0.2) is 30.3 Å². The Hall–Kier alpha value is -1.81. The van der Waals surface area contributed by atoms with Gasteiger partial charge in [-0.25, -0.2) is 4.98 Å². The van der Waals surface area contributed by atoms with Crippen molar-refractivity contribution < 1.29 is 5.11 Å². The molecule has 2 aromatic rings. The third-order valence-electron chi connectivity index (χ3n) is 2.99. The fraction of sp³-hybridized carbons (Fsp3) is 0.357. The highest BCUT2D eigenvalue weighted by Crippen LogP contribution is 2.20. The number of nitrogens with zero attached hydrogens (tertiary/aromatic N) is 2. The zero-order valence-corrected chi connectivity index (χ0v) is 10.6. The molecule has 4 heteroatoms. The Morgan fingerprint density at radius 2 is 2.11 bits per heavy atom. The van der Waals surface area contributed by atoms with E-state index in [4.69, 9.17) is 10.8 Å². The second kappa shape index (κ2) is 5.69. The van der Waals surface area contributed by atoms with Crippen LogP contribution >= 0.6 is 0 Å². The number of rotatable bonds is 5. The lowest BCUT2D eigenvalue weighted by molar-refractivity contribution is 0.289. The topological polar surface area (TPSA) is 62.4 Å². The number of aromatic nitrogens is 1. The Labute approximate surface area is 107 Å². The molecule has 0 fully saturated rings. The normalized spacial score (nSPS) is 10.8. The van der Waals surface area contributed by atoms with Crippen molar-refractivity contribution in [3.8, 4) is 0 Å². The van der Waals surface area contributed by atoms with Crippen LogP contribution in [0.2, 0.25) is 0 Å². The van der Waals surface area contributed by atoms with E-state index in [0.717, 1.165) is 41.9 Å². The number of pyridine rings is 1.